The summed E-state index contributed by atoms with van der Waals surface area (Å²) >= 11 is 1.24. The van der Waals surface area contributed by atoms with E-state index >= 15 is 0 Å². The molecule has 0 aliphatic heterocycles. The average Bonchev–Trinajstić information content (AvgIpc) is 2.71. The summed E-state index contributed by atoms with van der Waals surface area (Å²) in [5, 5.41) is 1.27. The first-order valence-electron chi connectivity index (χ1n) is 4.95. The number of nitrogens with one attached hydrogen (secondary N) is 1. The first-order valence-corrected chi connectivity index (χ1v) is 5.93. The zero-order valence-electron chi connectivity index (χ0n) is 8.91. The van der Waals surface area contributed by atoms with Gasteiger partial charge in [0.1, 0.15) is 0 Å². The predicted octanol–water partition coefficient (Wildman–Crippen LogP) is 2.80. The van der Waals surface area contributed by atoms with E-state index in [9.17, 15) is 4.79 Å². The Labute approximate surface area is 98.4 Å². The summed E-state index contributed by atoms with van der Waals surface area (Å²) in [7, 11) is 0. The smallest absolute Gasteiger partial charge is 0.186 e. The molecule has 0 amide bonds. The van der Waals surface area contributed by atoms with Crippen LogP contribution in [0, 0.1) is 11.8 Å². The van der Waals surface area contributed by atoms with E-state index in [1.54, 1.807) is 6.92 Å². The zero-order valence-corrected chi connectivity index (χ0v) is 9.73. The summed E-state index contributed by atoms with van der Waals surface area (Å²) in [6.45, 7) is 1.55. The van der Waals surface area contributed by atoms with Crippen molar-refractivity contribution in [2.24, 2.45) is 0 Å². The fourth-order valence-corrected chi connectivity index (χ4v) is 1.75. The molecule has 0 spiro atoms. The third kappa shape index (κ3) is 2.68. The lowest BCUT2D eigenvalue weighted by Crippen LogP contribution is -1.82. The van der Waals surface area contributed by atoms with E-state index in [1.165, 1.54) is 11.8 Å². The van der Waals surface area contributed by atoms with Crippen molar-refractivity contribution in [2.45, 2.75) is 6.92 Å². The molecule has 0 bridgehead atoms. The minimum atomic E-state index is 0.107. The van der Waals surface area contributed by atoms with Crippen LogP contribution in [0.2, 0.25) is 0 Å². The van der Waals surface area contributed by atoms with Crippen molar-refractivity contribution < 1.29 is 4.79 Å². The fourth-order valence-electron chi connectivity index (χ4n) is 1.41. The summed E-state index contributed by atoms with van der Waals surface area (Å²) in [6, 6.07) is 8.05. The van der Waals surface area contributed by atoms with Crippen molar-refractivity contribution in [3.05, 3.63) is 36.0 Å². The predicted molar refractivity (Wildman–Crippen MR) is 68.3 cm³/mol. The van der Waals surface area contributed by atoms with Gasteiger partial charge in [0.05, 0.1) is 5.75 Å². The quantitative estimate of drug-likeness (QED) is 0.763. The first kappa shape index (κ1) is 10.8. The molecule has 0 radical (unpaired) electrons. The van der Waals surface area contributed by atoms with Gasteiger partial charge in [0.2, 0.25) is 0 Å². The van der Waals surface area contributed by atoms with Crippen LogP contribution in [-0.4, -0.2) is 15.9 Å². The Kier molecular flexibility index (Phi) is 3.33. The van der Waals surface area contributed by atoms with E-state index in [0.29, 0.717) is 5.75 Å². The molecule has 0 atom stereocenters. The van der Waals surface area contributed by atoms with Gasteiger partial charge >= 0.3 is 0 Å². The second-order valence-electron chi connectivity index (χ2n) is 3.36. The van der Waals surface area contributed by atoms with E-state index in [0.717, 1.165) is 16.5 Å². The highest BCUT2D eigenvalue weighted by atomic mass is 32.2. The molecular formula is C13H11NOS. The van der Waals surface area contributed by atoms with E-state index in [2.05, 4.69) is 16.8 Å². The van der Waals surface area contributed by atoms with Gasteiger partial charge in [-0.1, -0.05) is 23.6 Å². The molecule has 16 heavy (non-hydrogen) atoms. The molecular weight excluding hydrogens is 218 g/mol. The van der Waals surface area contributed by atoms with Crippen LogP contribution in [0.3, 0.4) is 0 Å². The molecule has 1 heterocycles. The number of carbonyl (C=O) groups is 1. The van der Waals surface area contributed by atoms with Gasteiger partial charge in [-0.05, 0) is 24.3 Å². The summed E-state index contributed by atoms with van der Waals surface area (Å²) in [4.78, 5) is 13.8. The molecule has 0 saturated carbocycles. The summed E-state index contributed by atoms with van der Waals surface area (Å²) in [6.07, 6.45) is 1.91. The van der Waals surface area contributed by atoms with E-state index in [1.807, 2.05) is 30.5 Å². The largest absolute Gasteiger partial charge is 0.361 e. The van der Waals surface area contributed by atoms with Gasteiger partial charge in [0.25, 0.3) is 0 Å². The van der Waals surface area contributed by atoms with Crippen LogP contribution < -0.4 is 0 Å². The Morgan fingerprint density at radius 1 is 1.44 bits per heavy atom. The molecule has 2 rings (SSSR count). The molecule has 1 aromatic carbocycles. The highest BCUT2D eigenvalue weighted by Gasteiger charge is 1.94. The molecule has 0 aliphatic carbocycles. The maximum atomic E-state index is 10.7. The summed E-state index contributed by atoms with van der Waals surface area (Å²) in [5.41, 5.74) is 2.10. The molecule has 0 saturated heterocycles. The van der Waals surface area contributed by atoms with Crippen LogP contribution in [0.5, 0.6) is 0 Å². The normalized spacial score (nSPS) is 9.81. The number of aromatic nitrogens is 1. The molecule has 0 unspecified atom stereocenters. The topological polar surface area (TPSA) is 32.9 Å². The van der Waals surface area contributed by atoms with Crippen molar-refractivity contribution in [1.82, 2.24) is 4.98 Å². The third-order valence-corrected chi connectivity index (χ3v) is 2.83. The van der Waals surface area contributed by atoms with Crippen molar-refractivity contribution in [1.29, 1.82) is 0 Å². The van der Waals surface area contributed by atoms with Gasteiger partial charge in [0.15, 0.2) is 5.12 Å². The van der Waals surface area contributed by atoms with Gasteiger partial charge < -0.3 is 4.98 Å². The summed E-state index contributed by atoms with van der Waals surface area (Å²) in [5.74, 6) is 6.57. The second kappa shape index (κ2) is 4.91. The molecule has 3 heteroatoms. The Bertz CT molecular complexity index is 574. The van der Waals surface area contributed by atoms with E-state index in [4.69, 9.17) is 0 Å². The van der Waals surface area contributed by atoms with Gasteiger partial charge in [-0.2, -0.15) is 0 Å². The summed E-state index contributed by atoms with van der Waals surface area (Å²) < 4.78 is 0. The molecule has 80 valence electrons. The lowest BCUT2D eigenvalue weighted by atomic mass is 10.2. The monoisotopic (exact) mass is 229 g/mol. The Hall–Kier alpha value is -1.66. The van der Waals surface area contributed by atoms with Crippen molar-refractivity contribution in [3.8, 4) is 11.8 Å². The number of aromatic amines is 1. The maximum Gasteiger partial charge on any atom is 0.186 e. The van der Waals surface area contributed by atoms with Crippen molar-refractivity contribution in [3.63, 3.8) is 0 Å². The number of benzene rings is 1. The van der Waals surface area contributed by atoms with Crippen molar-refractivity contribution in [2.75, 3.05) is 5.75 Å². The van der Waals surface area contributed by atoms with E-state index < -0.39 is 0 Å². The van der Waals surface area contributed by atoms with E-state index in [-0.39, 0.29) is 5.12 Å². The van der Waals surface area contributed by atoms with Crippen LogP contribution in [-0.2, 0) is 4.79 Å². The highest BCUT2D eigenvalue weighted by molar-refractivity contribution is 8.13. The van der Waals surface area contributed by atoms with Crippen molar-refractivity contribution >= 4 is 27.8 Å². The van der Waals surface area contributed by atoms with Gasteiger partial charge in [0, 0.05) is 29.6 Å². The minimum Gasteiger partial charge on any atom is -0.361 e. The zero-order chi connectivity index (χ0) is 11.4. The molecule has 1 aromatic heterocycles. The SMILES string of the molecule is CC(=O)SCC#Cc1ccc2[nH]ccc2c1. The van der Waals surface area contributed by atoms with Gasteiger partial charge in [-0.15, -0.1) is 0 Å². The molecule has 0 fully saturated rings. The number of hydrogen-bond donors (Lipinski definition) is 1. The van der Waals surface area contributed by atoms with Gasteiger partial charge in [-0.3, -0.25) is 4.79 Å². The third-order valence-electron chi connectivity index (χ3n) is 2.13. The van der Waals surface area contributed by atoms with Crippen LogP contribution in [0.15, 0.2) is 30.5 Å². The fraction of sp³-hybridized carbons (Fsp3) is 0.154. The molecule has 1 N–H and O–H groups in total. The van der Waals surface area contributed by atoms with Crippen LogP contribution in [0.4, 0.5) is 0 Å². The first-order chi connectivity index (χ1) is 7.75. The number of H-pyrrole nitrogens is 1. The minimum absolute atomic E-state index is 0.107. The number of fused-ring (bicyclic) bond motifs is 1. The maximum absolute atomic E-state index is 10.7. The molecule has 2 aromatic rings. The Morgan fingerprint density at radius 3 is 3.12 bits per heavy atom. The van der Waals surface area contributed by atoms with Gasteiger partial charge in [-0.25, -0.2) is 0 Å². The lowest BCUT2D eigenvalue weighted by molar-refractivity contribution is -0.109. The van der Waals surface area contributed by atoms with Crippen LogP contribution in [0.25, 0.3) is 10.9 Å². The number of rotatable bonds is 1. The second-order valence-corrected chi connectivity index (χ2v) is 4.51. The lowest BCUT2D eigenvalue weighted by Gasteiger charge is -1.91. The standard InChI is InChI=1S/C13H11NOS/c1-10(15)16-8-2-3-11-4-5-13-12(9-11)6-7-14-13/h4-7,9,14H,8H2,1H3. The van der Waals surface area contributed by atoms with Crippen LogP contribution >= 0.6 is 11.8 Å². The molecule has 2 nitrogen and oxygen atoms in total. The number of thioether (sulfide) groups is 1. The Balaban J connectivity index is 2.11. The highest BCUT2D eigenvalue weighted by Crippen LogP contribution is 2.13. The average molecular weight is 229 g/mol. The van der Waals surface area contributed by atoms with Crippen LogP contribution in [0.1, 0.15) is 12.5 Å². The number of hydrogen-bond acceptors (Lipinski definition) is 2. The Morgan fingerprint density at radius 2 is 2.31 bits per heavy atom. The molecule has 0 aliphatic rings. The number of carbonyl (C=O) groups excluding carboxylic acids is 1.